The van der Waals surface area contributed by atoms with Crippen LogP contribution in [0.25, 0.3) is 0 Å². The fraction of sp³-hybridized carbons (Fsp3) is 0.318. The van der Waals surface area contributed by atoms with Gasteiger partial charge in [0.2, 0.25) is 9.84 Å². The summed E-state index contributed by atoms with van der Waals surface area (Å²) in [6.45, 7) is 8.93. The topological polar surface area (TPSA) is 119 Å². The number of carbonyl (C=O) groups excluding carboxylic acids is 1. The Labute approximate surface area is 200 Å². The summed E-state index contributed by atoms with van der Waals surface area (Å²) in [6.07, 6.45) is 0. The summed E-state index contributed by atoms with van der Waals surface area (Å²) in [7, 11) is -10.6. The van der Waals surface area contributed by atoms with Crippen LogP contribution in [-0.2, 0) is 26.5 Å². The molecule has 1 amide bonds. The Morgan fingerprint density at radius 1 is 1.00 bits per heavy atom. The minimum absolute atomic E-state index is 0.0408. The Hall–Kier alpha value is -2.83. The molecule has 4 rings (SSSR count). The summed E-state index contributed by atoms with van der Waals surface area (Å²) in [6, 6.07) is 12.6. The molecule has 0 radical (unpaired) electrons. The second-order valence-corrected chi connectivity index (χ2v) is 18.2. The molecule has 1 aliphatic rings. The number of amides is 1. The molecule has 1 aliphatic heterocycles. The summed E-state index contributed by atoms with van der Waals surface area (Å²) < 4.78 is 55.6. The Bertz CT molecular complexity index is 1490. The molecule has 34 heavy (non-hydrogen) atoms. The first-order valence-corrected chi connectivity index (χ1v) is 17.1. The molecular weight excluding hydrogens is 492 g/mol. The van der Waals surface area contributed by atoms with E-state index in [0.29, 0.717) is 15.2 Å². The molecule has 0 atom stereocenters. The van der Waals surface area contributed by atoms with Gasteiger partial charge in [0.25, 0.3) is 15.9 Å². The monoisotopic (exact) mass is 518 g/mol. The van der Waals surface area contributed by atoms with E-state index >= 15 is 0 Å². The first-order valence-electron chi connectivity index (χ1n) is 10.7. The van der Waals surface area contributed by atoms with E-state index in [1.807, 2.05) is 33.5 Å². The highest BCUT2D eigenvalue weighted by Crippen LogP contribution is 2.36. The quantitative estimate of drug-likeness (QED) is 0.460. The van der Waals surface area contributed by atoms with Crippen LogP contribution >= 0.6 is 0 Å². The average molecular weight is 519 g/mol. The maximum atomic E-state index is 13.6. The molecule has 0 saturated carbocycles. The molecule has 0 spiro atoms. The van der Waals surface area contributed by atoms with Crippen LogP contribution in [0.3, 0.4) is 0 Å². The maximum Gasteiger partial charge on any atom is 0.270 e. The fourth-order valence-corrected chi connectivity index (χ4v) is 9.30. The number of sulfonamides is 1. The molecule has 0 bridgehead atoms. The van der Waals surface area contributed by atoms with Gasteiger partial charge in [0.05, 0.1) is 15.8 Å². The molecule has 0 aliphatic carbocycles. The third-order valence-electron chi connectivity index (χ3n) is 5.66. The van der Waals surface area contributed by atoms with Crippen molar-refractivity contribution >= 4 is 39.2 Å². The van der Waals surface area contributed by atoms with Gasteiger partial charge in [-0.15, -0.1) is 5.10 Å². The molecule has 0 N–H and O–H groups in total. The zero-order valence-corrected chi connectivity index (χ0v) is 22.2. The van der Waals surface area contributed by atoms with E-state index in [9.17, 15) is 21.6 Å². The lowest BCUT2D eigenvalue weighted by Gasteiger charge is -2.19. The summed E-state index contributed by atoms with van der Waals surface area (Å²) in [5, 5.41) is 8.31. The summed E-state index contributed by atoms with van der Waals surface area (Å²) in [5.41, 5.74) is 0.739. The minimum atomic E-state index is -4.19. The van der Waals surface area contributed by atoms with Gasteiger partial charge in [0, 0.05) is 0 Å². The van der Waals surface area contributed by atoms with Gasteiger partial charge in [0.1, 0.15) is 19.6 Å². The van der Waals surface area contributed by atoms with Crippen LogP contribution < -0.4 is 5.32 Å². The number of carbonyl (C=O) groups is 1. The van der Waals surface area contributed by atoms with Crippen molar-refractivity contribution in [1.82, 2.24) is 19.3 Å². The molecule has 180 valence electrons. The number of nitrogens with zero attached hydrogens (tertiary/aromatic N) is 4. The summed E-state index contributed by atoms with van der Waals surface area (Å²) in [4.78, 5) is 13.3. The zero-order valence-electron chi connectivity index (χ0n) is 19.5. The molecule has 12 heteroatoms. The largest absolute Gasteiger partial charge is 0.270 e. The smallest absolute Gasteiger partial charge is 0.268 e. The lowest BCUT2D eigenvalue weighted by molar-refractivity contribution is 0.0834. The Morgan fingerprint density at radius 3 is 2.24 bits per heavy atom. The highest BCUT2D eigenvalue weighted by atomic mass is 32.2. The van der Waals surface area contributed by atoms with Gasteiger partial charge in [-0.3, -0.25) is 4.79 Å². The van der Waals surface area contributed by atoms with Crippen LogP contribution in [0.5, 0.6) is 0 Å². The third kappa shape index (κ3) is 3.79. The van der Waals surface area contributed by atoms with Gasteiger partial charge in [-0.2, -0.15) is 0 Å². The van der Waals surface area contributed by atoms with E-state index in [1.54, 1.807) is 30.3 Å². The van der Waals surface area contributed by atoms with Crippen molar-refractivity contribution in [2.75, 3.05) is 0 Å². The fourth-order valence-electron chi connectivity index (χ4n) is 3.93. The van der Waals surface area contributed by atoms with Gasteiger partial charge in [0.15, 0.2) is 5.03 Å². The van der Waals surface area contributed by atoms with E-state index in [2.05, 4.69) is 10.3 Å². The second kappa shape index (κ2) is 8.13. The van der Waals surface area contributed by atoms with Gasteiger partial charge in [-0.1, -0.05) is 69.0 Å². The van der Waals surface area contributed by atoms with Crippen LogP contribution in [0.1, 0.15) is 35.7 Å². The van der Waals surface area contributed by atoms with E-state index in [4.69, 9.17) is 0 Å². The van der Waals surface area contributed by atoms with Gasteiger partial charge in [-0.05, 0) is 29.7 Å². The standard InChI is InChI=1S/C22H26N4O5S2Si/c1-15(2)17-12-9-13-18-19(17)21(27)26(33(18,30)31)14-25-22(20(23-24-25)34(3,4)5)32(28,29)16-10-7-6-8-11-16/h6-13,15H,14H2,1-5H3. The third-order valence-corrected chi connectivity index (χ3v) is 11.2. The Morgan fingerprint density at radius 2 is 1.65 bits per heavy atom. The summed E-state index contributed by atoms with van der Waals surface area (Å²) >= 11 is 0. The molecule has 1 aromatic heterocycles. The minimum Gasteiger partial charge on any atom is -0.268 e. The number of fused-ring (bicyclic) bond motifs is 1. The summed E-state index contributed by atoms with van der Waals surface area (Å²) in [5.74, 6) is -0.777. The lowest BCUT2D eigenvalue weighted by atomic mass is 9.97. The lowest BCUT2D eigenvalue weighted by Crippen LogP contribution is -2.43. The molecule has 3 aromatic rings. The van der Waals surface area contributed by atoms with Gasteiger partial charge >= 0.3 is 0 Å². The van der Waals surface area contributed by atoms with Crippen molar-refractivity contribution in [2.45, 2.75) is 60.9 Å². The predicted octanol–water partition coefficient (Wildman–Crippen LogP) is 2.58. The van der Waals surface area contributed by atoms with Crippen LogP contribution in [0.2, 0.25) is 19.6 Å². The van der Waals surface area contributed by atoms with E-state index in [-0.39, 0.29) is 26.3 Å². The maximum absolute atomic E-state index is 13.6. The van der Waals surface area contributed by atoms with Crippen molar-refractivity contribution in [2.24, 2.45) is 0 Å². The Balaban J connectivity index is 1.88. The first kappa shape index (κ1) is 24.3. The predicted molar refractivity (Wildman–Crippen MR) is 129 cm³/mol. The Kier molecular flexibility index (Phi) is 5.81. The molecule has 2 heterocycles. The number of aromatic nitrogens is 3. The van der Waals surface area contributed by atoms with Gasteiger partial charge < -0.3 is 0 Å². The number of benzene rings is 2. The molecule has 9 nitrogen and oxygen atoms in total. The first-order chi connectivity index (χ1) is 15.8. The second-order valence-electron chi connectivity index (χ2n) is 9.48. The zero-order chi connectivity index (χ0) is 25.1. The van der Waals surface area contributed by atoms with Crippen LogP contribution in [0.15, 0.2) is 63.3 Å². The molecule has 0 fully saturated rings. The number of hydrogen-bond acceptors (Lipinski definition) is 7. The number of rotatable bonds is 6. The molecule has 0 saturated heterocycles. The van der Waals surface area contributed by atoms with Crippen LogP contribution in [0, 0.1) is 0 Å². The van der Waals surface area contributed by atoms with Crippen molar-refractivity contribution < 1.29 is 21.6 Å². The highest BCUT2D eigenvalue weighted by Gasteiger charge is 2.44. The van der Waals surface area contributed by atoms with Crippen molar-refractivity contribution in [1.29, 1.82) is 0 Å². The molecule has 2 aromatic carbocycles. The van der Waals surface area contributed by atoms with Crippen LogP contribution in [-0.4, -0.2) is 50.1 Å². The highest BCUT2D eigenvalue weighted by molar-refractivity contribution is 7.91. The van der Waals surface area contributed by atoms with E-state index < -0.39 is 40.5 Å². The average Bonchev–Trinajstić information content (AvgIpc) is 3.29. The normalized spacial score (nSPS) is 15.7. The van der Waals surface area contributed by atoms with E-state index in [0.717, 1.165) is 4.68 Å². The SMILES string of the molecule is CC(C)c1cccc2c1C(=O)N(Cn1nnc([Si](C)(C)C)c1S(=O)(=O)c1ccccc1)S2(=O)=O. The van der Waals surface area contributed by atoms with Gasteiger partial charge in [-0.25, -0.2) is 25.8 Å². The van der Waals surface area contributed by atoms with E-state index in [1.165, 1.54) is 18.2 Å². The van der Waals surface area contributed by atoms with Crippen molar-refractivity contribution in [3.05, 3.63) is 59.7 Å². The van der Waals surface area contributed by atoms with Crippen molar-refractivity contribution in [3.8, 4) is 0 Å². The number of hydrogen-bond donors (Lipinski definition) is 0. The molecular formula is C22H26N4O5S2Si. The molecule has 0 unspecified atom stereocenters. The van der Waals surface area contributed by atoms with Crippen molar-refractivity contribution in [3.63, 3.8) is 0 Å². The number of sulfone groups is 1. The van der Waals surface area contributed by atoms with Crippen LogP contribution in [0.4, 0.5) is 0 Å².